The Morgan fingerprint density at radius 3 is 2.67 bits per heavy atom. The number of carbonyl (C=O) groups excluding carboxylic acids is 1. The summed E-state index contributed by atoms with van der Waals surface area (Å²) in [5, 5.41) is 20.4. The summed E-state index contributed by atoms with van der Waals surface area (Å²) in [5.74, 6) is -0.175. The van der Waals surface area contributed by atoms with E-state index in [1.165, 1.54) is 0 Å². The average molecular weight is 389 g/mol. The van der Waals surface area contributed by atoms with E-state index < -0.39 is 0 Å². The van der Waals surface area contributed by atoms with Gasteiger partial charge in [0.15, 0.2) is 0 Å². The van der Waals surface area contributed by atoms with Gasteiger partial charge in [0.05, 0.1) is 22.8 Å². The molecule has 2 N–H and O–H groups in total. The third-order valence-electron chi connectivity index (χ3n) is 5.00. The summed E-state index contributed by atoms with van der Waals surface area (Å²) >= 11 is 0. The van der Waals surface area contributed by atoms with E-state index in [0.717, 1.165) is 39.0 Å². The van der Waals surface area contributed by atoms with Crippen molar-refractivity contribution in [1.82, 2.24) is 15.2 Å². The number of hydrogen-bond acceptors (Lipinski definition) is 4. The Labute approximate surface area is 172 Å². The second kappa shape index (κ2) is 7.15. The van der Waals surface area contributed by atoms with E-state index in [1.54, 1.807) is 30.6 Å². The Bertz CT molecular complexity index is 1390. The maximum atomic E-state index is 12.4. The maximum Gasteiger partial charge on any atom is 0.256 e. The summed E-state index contributed by atoms with van der Waals surface area (Å²) in [6.07, 6.45) is 9.27. The number of nitrogens with one attached hydrogen (secondary N) is 2. The number of hydrogen-bond donors (Lipinski definition) is 2. The minimum absolute atomic E-state index is 0.175. The normalized spacial score (nSPS) is 14.2. The highest BCUT2D eigenvalue weighted by Crippen LogP contribution is 2.34. The van der Waals surface area contributed by atoms with Crippen molar-refractivity contribution in [2.45, 2.75) is 0 Å². The highest BCUT2D eigenvalue weighted by atomic mass is 16.2. The van der Waals surface area contributed by atoms with Crippen molar-refractivity contribution in [2.75, 3.05) is 5.32 Å². The Balaban J connectivity index is 1.49. The van der Waals surface area contributed by atoms with Crippen LogP contribution in [0.3, 0.4) is 0 Å². The SMILES string of the molecule is N#Cc1ccc2c(c1)C(=Cc1ccc3c(/C=C/c4ccncc4)n[nH]c3c1)C(=O)N2. The van der Waals surface area contributed by atoms with Crippen LogP contribution in [0, 0.1) is 11.3 Å². The van der Waals surface area contributed by atoms with E-state index in [2.05, 4.69) is 26.6 Å². The summed E-state index contributed by atoms with van der Waals surface area (Å²) in [6.45, 7) is 0. The molecule has 0 saturated carbocycles. The fourth-order valence-electron chi connectivity index (χ4n) is 3.49. The van der Waals surface area contributed by atoms with Crippen molar-refractivity contribution in [3.05, 3.63) is 88.9 Å². The summed E-state index contributed by atoms with van der Waals surface area (Å²) in [5.41, 5.74) is 6.15. The maximum absolute atomic E-state index is 12.4. The predicted octanol–water partition coefficient (Wildman–Crippen LogP) is 4.49. The van der Waals surface area contributed by atoms with Crippen molar-refractivity contribution in [1.29, 1.82) is 5.26 Å². The van der Waals surface area contributed by atoms with Crippen LogP contribution in [0.4, 0.5) is 5.69 Å². The van der Waals surface area contributed by atoms with Gasteiger partial charge in [-0.3, -0.25) is 14.9 Å². The lowest BCUT2D eigenvalue weighted by atomic mass is 10.0. The highest BCUT2D eigenvalue weighted by molar-refractivity contribution is 6.35. The van der Waals surface area contributed by atoms with Crippen molar-refractivity contribution < 1.29 is 4.79 Å². The lowest BCUT2D eigenvalue weighted by Gasteiger charge is -2.00. The van der Waals surface area contributed by atoms with Gasteiger partial charge in [-0.05, 0) is 65.7 Å². The molecule has 4 aromatic rings. The Kier molecular flexibility index (Phi) is 4.19. The number of aromatic nitrogens is 3. The molecule has 0 atom stereocenters. The fraction of sp³-hybridized carbons (Fsp3) is 0. The van der Waals surface area contributed by atoms with Gasteiger partial charge in [-0.2, -0.15) is 10.4 Å². The Morgan fingerprint density at radius 2 is 1.83 bits per heavy atom. The first-order chi connectivity index (χ1) is 14.7. The smallest absolute Gasteiger partial charge is 0.256 e. The zero-order chi connectivity index (χ0) is 20.5. The molecule has 0 saturated heterocycles. The van der Waals surface area contributed by atoms with Gasteiger partial charge in [-0.15, -0.1) is 0 Å². The second-order valence-corrected chi connectivity index (χ2v) is 6.91. The highest BCUT2D eigenvalue weighted by Gasteiger charge is 2.24. The minimum atomic E-state index is -0.175. The van der Waals surface area contributed by atoms with E-state index >= 15 is 0 Å². The number of anilines is 1. The number of amides is 1. The summed E-state index contributed by atoms with van der Waals surface area (Å²) in [6, 6.07) is 17.0. The predicted molar refractivity (Wildman–Crippen MR) is 117 cm³/mol. The van der Waals surface area contributed by atoms with Gasteiger partial charge in [0.25, 0.3) is 5.91 Å². The molecule has 0 fully saturated rings. The molecule has 6 nitrogen and oxygen atoms in total. The molecule has 6 heteroatoms. The third-order valence-corrected chi connectivity index (χ3v) is 5.00. The van der Waals surface area contributed by atoms with Gasteiger partial charge in [-0.1, -0.05) is 12.1 Å². The van der Waals surface area contributed by atoms with Crippen LogP contribution >= 0.6 is 0 Å². The molecule has 142 valence electrons. The monoisotopic (exact) mass is 389 g/mol. The molecule has 2 aromatic heterocycles. The van der Waals surface area contributed by atoms with Gasteiger partial charge in [0.1, 0.15) is 0 Å². The van der Waals surface area contributed by atoms with E-state index in [0.29, 0.717) is 11.1 Å². The Morgan fingerprint density at radius 1 is 0.967 bits per heavy atom. The second-order valence-electron chi connectivity index (χ2n) is 6.91. The van der Waals surface area contributed by atoms with Crippen LogP contribution in [0.25, 0.3) is 34.7 Å². The van der Waals surface area contributed by atoms with Gasteiger partial charge < -0.3 is 5.32 Å². The topological polar surface area (TPSA) is 94.5 Å². The van der Waals surface area contributed by atoms with Crippen molar-refractivity contribution in [3.63, 3.8) is 0 Å². The van der Waals surface area contributed by atoms with E-state index in [-0.39, 0.29) is 5.91 Å². The molecule has 0 radical (unpaired) electrons. The van der Waals surface area contributed by atoms with Crippen LogP contribution in [0.5, 0.6) is 0 Å². The number of rotatable bonds is 3. The van der Waals surface area contributed by atoms with Crippen LogP contribution in [-0.4, -0.2) is 21.1 Å². The molecular formula is C24H15N5O. The number of aromatic amines is 1. The fourth-order valence-corrected chi connectivity index (χ4v) is 3.49. The molecule has 0 unspecified atom stereocenters. The van der Waals surface area contributed by atoms with E-state index in [1.807, 2.05) is 48.6 Å². The van der Waals surface area contributed by atoms with Gasteiger partial charge in [0, 0.05) is 34.6 Å². The number of nitriles is 1. The molecule has 2 aromatic carbocycles. The summed E-state index contributed by atoms with van der Waals surface area (Å²) < 4.78 is 0. The van der Waals surface area contributed by atoms with Crippen LogP contribution in [0.15, 0.2) is 60.9 Å². The van der Waals surface area contributed by atoms with Crippen molar-refractivity contribution in [3.8, 4) is 6.07 Å². The lowest BCUT2D eigenvalue weighted by molar-refractivity contribution is -0.110. The molecule has 1 amide bonds. The number of H-pyrrole nitrogens is 1. The number of benzene rings is 2. The molecular weight excluding hydrogens is 374 g/mol. The molecule has 0 aliphatic carbocycles. The standard InChI is InChI=1S/C24H15N5O/c25-14-17-3-5-21-19(12-17)20(24(30)27-21)11-16-1-4-18-22(28-29-23(18)13-16)6-2-15-7-9-26-10-8-15/h1-13H,(H,27,30)(H,28,29)/b6-2+,20-11?. The number of nitrogens with zero attached hydrogens (tertiary/aromatic N) is 3. The van der Waals surface area contributed by atoms with Crippen LogP contribution in [0.2, 0.25) is 0 Å². The Hall–Kier alpha value is -4.50. The molecule has 0 spiro atoms. The first kappa shape index (κ1) is 17.6. The number of carbonyl (C=O) groups is 1. The quantitative estimate of drug-likeness (QED) is 0.505. The minimum Gasteiger partial charge on any atom is -0.321 e. The van der Waals surface area contributed by atoms with Gasteiger partial charge in [0.2, 0.25) is 0 Å². The molecule has 1 aliphatic rings. The zero-order valence-electron chi connectivity index (χ0n) is 15.8. The van der Waals surface area contributed by atoms with Crippen molar-refractivity contribution >= 4 is 46.3 Å². The molecule has 30 heavy (non-hydrogen) atoms. The molecule has 0 bridgehead atoms. The van der Waals surface area contributed by atoms with E-state index in [4.69, 9.17) is 5.26 Å². The van der Waals surface area contributed by atoms with Gasteiger partial charge >= 0.3 is 0 Å². The number of pyridine rings is 1. The lowest BCUT2D eigenvalue weighted by Crippen LogP contribution is -2.03. The van der Waals surface area contributed by atoms with Crippen LogP contribution in [0.1, 0.15) is 27.9 Å². The number of fused-ring (bicyclic) bond motifs is 2. The summed E-state index contributed by atoms with van der Waals surface area (Å²) in [7, 11) is 0. The first-order valence-corrected chi connectivity index (χ1v) is 9.35. The van der Waals surface area contributed by atoms with E-state index in [9.17, 15) is 4.79 Å². The molecule has 1 aliphatic heterocycles. The summed E-state index contributed by atoms with van der Waals surface area (Å²) in [4.78, 5) is 16.4. The molecule has 3 heterocycles. The first-order valence-electron chi connectivity index (χ1n) is 9.35. The van der Waals surface area contributed by atoms with Crippen LogP contribution in [-0.2, 0) is 4.79 Å². The zero-order valence-corrected chi connectivity index (χ0v) is 15.8. The molecule has 5 rings (SSSR count). The van der Waals surface area contributed by atoms with Gasteiger partial charge in [-0.25, -0.2) is 0 Å². The van der Waals surface area contributed by atoms with Crippen LogP contribution < -0.4 is 5.32 Å². The largest absolute Gasteiger partial charge is 0.321 e. The average Bonchev–Trinajstić information content (AvgIpc) is 3.32. The van der Waals surface area contributed by atoms with Crippen molar-refractivity contribution in [2.24, 2.45) is 0 Å². The third kappa shape index (κ3) is 3.15.